The third-order valence-electron chi connectivity index (χ3n) is 3.19. The van der Waals surface area contributed by atoms with E-state index in [1.165, 1.54) is 19.3 Å². The van der Waals surface area contributed by atoms with Crippen molar-refractivity contribution >= 4 is 5.91 Å². The maximum Gasteiger partial charge on any atom is 0.226 e. The van der Waals surface area contributed by atoms with E-state index in [9.17, 15) is 4.79 Å². The van der Waals surface area contributed by atoms with E-state index in [1.807, 2.05) is 12.2 Å². The molecule has 1 amide bonds. The fourth-order valence-electron chi connectivity index (χ4n) is 2.10. The molecule has 0 aromatic rings. The van der Waals surface area contributed by atoms with E-state index >= 15 is 0 Å². The molecule has 0 atom stereocenters. The number of hydrogen-bond acceptors (Lipinski definition) is 2. The molecule has 0 radical (unpaired) electrons. The number of amides is 1. The minimum atomic E-state index is -0.130. The molecule has 0 saturated heterocycles. The second-order valence-corrected chi connectivity index (χ2v) is 4.54. The first-order valence-electron chi connectivity index (χ1n) is 5.82. The van der Waals surface area contributed by atoms with Gasteiger partial charge in [0.1, 0.15) is 0 Å². The van der Waals surface area contributed by atoms with Gasteiger partial charge in [-0.15, -0.1) is 0 Å². The molecule has 0 aliphatic heterocycles. The van der Waals surface area contributed by atoms with Gasteiger partial charge in [-0.05, 0) is 12.8 Å². The molecule has 0 aromatic carbocycles. The molecule has 3 heteroatoms. The van der Waals surface area contributed by atoms with Crippen LogP contribution in [0, 0.1) is 5.41 Å². The predicted molar refractivity (Wildman–Crippen MR) is 62.4 cm³/mol. The number of nitrogens with two attached hydrogens (primary N) is 1. The van der Waals surface area contributed by atoms with Crippen molar-refractivity contribution in [3.8, 4) is 0 Å². The van der Waals surface area contributed by atoms with Gasteiger partial charge in [-0.25, -0.2) is 0 Å². The first kappa shape index (κ1) is 12.2. The third kappa shape index (κ3) is 3.67. The van der Waals surface area contributed by atoms with Gasteiger partial charge in [0.25, 0.3) is 0 Å². The lowest BCUT2D eigenvalue weighted by Gasteiger charge is -2.31. The quantitative estimate of drug-likeness (QED) is 0.692. The fraction of sp³-hybridized carbons (Fsp3) is 0.750. The first-order chi connectivity index (χ1) is 7.19. The van der Waals surface area contributed by atoms with Crippen LogP contribution in [0.15, 0.2) is 12.2 Å². The zero-order valence-electron chi connectivity index (χ0n) is 9.59. The molecule has 15 heavy (non-hydrogen) atoms. The molecule has 1 aliphatic rings. The van der Waals surface area contributed by atoms with Gasteiger partial charge < -0.3 is 11.1 Å². The van der Waals surface area contributed by atoms with Crippen molar-refractivity contribution in [2.75, 3.05) is 13.1 Å². The molecule has 1 aliphatic carbocycles. The van der Waals surface area contributed by atoms with Crippen molar-refractivity contribution in [2.45, 2.75) is 39.0 Å². The number of nitrogens with one attached hydrogen (secondary N) is 1. The highest BCUT2D eigenvalue weighted by molar-refractivity contribution is 5.82. The molecule has 3 N–H and O–H groups in total. The van der Waals surface area contributed by atoms with Crippen molar-refractivity contribution in [3.63, 3.8) is 0 Å². The van der Waals surface area contributed by atoms with E-state index in [4.69, 9.17) is 5.73 Å². The normalized spacial score (nSPS) is 20.4. The zero-order chi connectivity index (χ0) is 11.1. The molecule has 0 unspecified atom stereocenters. The molecule has 1 saturated carbocycles. The highest BCUT2D eigenvalue weighted by Crippen LogP contribution is 2.35. The Morgan fingerprint density at radius 1 is 1.33 bits per heavy atom. The number of carbonyl (C=O) groups is 1. The lowest BCUT2D eigenvalue weighted by Crippen LogP contribution is -2.40. The summed E-state index contributed by atoms with van der Waals surface area (Å²) in [5, 5.41) is 2.95. The summed E-state index contributed by atoms with van der Waals surface area (Å²) in [7, 11) is 0. The Kier molecular flexibility index (Phi) is 4.82. The van der Waals surface area contributed by atoms with E-state index in [-0.39, 0.29) is 11.3 Å². The maximum absolute atomic E-state index is 11.9. The van der Waals surface area contributed by atoms with Crippen LogP contribution in [-0.4, -0.2) is 19.0 Å². The van der Waals surface area contributed by atoms with Gasteiger partial charge in [-0.1, -0.05) is 38.3 Å². The van der Waals surface area contributed by atoms with Gasteiger partial charge in [-0.2, -0.15) is 0 Å². The van der Waals surface area contributed by atoms with Crippen LogP contribution in [0.1, 0.15) is 39.0 Å². The topological polar surface area (TPSA) is 55.1 Å². The average Bonchev–Trinajstić information content (AvgIpc) is 2.25. The van der Waals surface area contributed by atoms with Crippen molar-refractivity contribution in [3.05, 3.63) is 12.2 Å². The molecule has 1 rings (SSSR count). The Morgan fingerprint density at radius 2 is 2.00 bits per heavy atom. The monoisotopic (exact) mass is 210 g/mol. The van der Waals surface area contributed by atoms with E-state index in [2.05, 4.69) is 12.2 Å². The Balaban J connectivity index is 2.34. The van der Waals surface area contributed by atoms with Crippen LogP contribution in [-0.2, 0) is 4.79 Å². The van der Waals surface area contributed by atoms with Crippen LogP contribution in [0.3, 0.4) is 0 Å². The summed E-state index contributed by atoms with van der Waals surface area (Å²) >= 11 is 0. The summed E-state index contributed by atoms with van der Waals surface area (Å²) in [4.78, 5) is 11.9. The Morgan fingerprint density at radius 3 is 2.60 bits per heavy atom. The lowest BCUT2D eigenvalue weighted by molar-refractivity contribution is -0.131. The van der Waals surface area contributed by atoms with Crippen molar-refractivity contribution in [2.24, 2.45) is 11.1 Å². The number of carbonyl (C=O) groups excluding carboxylic acids is 1. The van der Waals surface area contributed by atoms with Crippen molar-refractivity contribution in [1.29, 1.82) is 0 Å². The largest absolute Gasteiger partial charge is 0.352 e. The molecule has 0 bridgehead atoms. The second-order valence-electron chi connectivity index (χ2n) is 4.54. The van der Waals surface area contributed by atoms with Gasteiger partial charge >= 0.3 is 0 Å². The summed E-state index contributed by atoms with van der Waals surface area (Å²) in [6.45, 7) is 3.22. The molecule has 0 heterocycles. The molecular weight excluding hydrogens is 188 g/mol. The van der Waals surface area contributed by atoms with Gasteiger partial charge in [0.2, 0.25) is 5.91 Å². The van der Waals surface area contributed by atoms with Gasteiger partial charge in [0.05, 0.1) is 0 Å². The highest BCUT2D eigenvalue weighted by Gasteiger charge is 2.33. The van der Waals surface area contributed by atoms with Gasteiger partial charge in [0, 0.05) is 18.5 Å². The predicted octanol–water partition coefficient (Wildman–Crippen LogP) is 1.59. The maximum atomic E-state index is 11.9. The number of rotatable bonds is 4. The molecular formula is C12H22N2O. The standard InChI is InChI=1S/C12H22N2O/c1-12(7-3-2-4-8-12)11(15)14-10-6-5-9-13/h5-6H,2-4,7-10,13H2,1H3,(H,14,15)/b6-5+. The minimum Gasteiger partial charge on any atom is -0.352 e. The van der Waals surface area contributed by atoms with Crippen molar-refractivity contribution < 1.29 is 4.79 Å². The summed E-state index contributed by atoms with van der Waals surface area (Å²) in [5.41, 5.74) is 5.18. The smallest absolute Gasteiger partial charge is 0.226 e. The van der Waals surface area contributed by atoms with Crippen LogP contribution in [0.4, 0.5) is 0 Å². The van der Waals surface area contributed by atoms with Crippen LogP contribution >= 0.6 is 0 Å². The fourth-order valence-corrected chi connectivity index (χ4v) is 2.10. The third-order valence-corrected chi connectivity index (χ3v) is 3.19. The van der Waals surface area contributed by atoms with Crippen molar-refractivity contribution in [1.82, 2.24) is 5.32 Å². The molecule has 0 spiro atoms. The first-order valence-corrected chi connectivity index (χ1v) is 5.82. The summed E-state index contributed by atoms with van der Waals surface area (Å²) in [6, 6.07) is 0. The van der Waals surface area contributed by atoms with Crippen LogP contribution in [0.25, 0.3) is 0 Å². The highest BCUT2D eigenvalue weighted by atomic mass is 16.2. The molecule has 1 fully saturated rings. The SMILES string of the molecule is CC1(C(=O)NC/C=C/CN)CCCCC1. The zero-order valence-corrected chi connectivity index (χ0v) is 9.59. The van der Waals surface area contributed by atoms with E-state index in [1.54, 1.807) is 0 Å². The Bertz CT molecular complexity index is 230. The number of hydrogen-bond donors (Lipinski definition) is 2. The average molecular weight is 210 g/mol. The van der Waals surface area contributed by atoms with Crippen LogP contribution in [0.5, 0.6) is 0 Å². The van der Waals surface area contributed by atoms with E-state index in [0.29, 0.717) is 13.1 Å². The Labute approximate surface area is 92.1 Å². The summed E-state index contributed by atoms with van der Waals surface area (Å²) in [6.07, 6.45) is 9.47. The van der Waals surface area contributed by atoms with E-state index < -0.39 is 0 Å². The molecule has 86 valence electrons. The van der Waals surface area contributed by atoms with E-state index in [0.717, 1.165) is 12.8 Å². The molecule has 3 nitrogen and oxygen atoms in total. The van der Waals surface area contributed by atoms with Crippen LogP contribution in [0.2, 0.25) is 0 Å². The Hall–Kier alpha value is -0.830. The summed E-state index contributed by atoms with van der Waals surface area (Å²) < 4.78 is 0. The molecule has 0 aromatic heterocycles. The van der Waals surface area contributed by atoms with Crippen LogP contribution < -0.4 is 11.1 Å². The van der Waals surface area contributed by atoms with Gasteiger partial charge in [0.15, 0.2) is 0 Å². The second kappa shape index (κ2) is 5.91. The lowest BCUT2D eigenvalue weighted by atomic mass is 9.75. The van der Waals surface area contributed by atoms with Gasteiger partial charge in [-0.3, -0.25) is 4.79 Å². The minimum absolute atomic E-state index is 0.130. The summed E-state index contributed by atoms with van der Waals surface area (Å²) in [5.74, 6) is 0.198.